The van der Waals surface area contributed by atoms with Gasteiger partial charge in [0.2, 0.25) is 0 Å². The van der Waals surface area contributed by atoms with Crippen LogP contribution in [0, 0.1) is 5.92 Å². The molecular formula is C16H17ClN2O3. The van der Waals surface area contributed by atoms with Gasteiger partial charge in [0.25, 0.3) is 5.56 Å². The lowest BCUT2D eigenvalue weighted by Gasteiger charge is -2.18. The van der Waals surface area contributed by atoms with Crippen LogP contribution in [0.1, 0.15) is 19.3 Å². The third kappa shape index (κ3) is 3.15. The normalized spacial score (nSPS) is 18.0. The quantitative estimate of drug-likeness (QED) is 0.881. The van der Waals surface area contributed by atoms with E-state index in [2.05, 4.69) is 17.1 Å². The standard InChI is InChI=1S/C16H17ClN2O3/c17-12-6-7-14-13(8-12)15(20)18-16(21)19(14)10-22-9-11-4-2-1-3-5-11/h1-2,6-8,11H,3-5,9-10H2,(H,18,20,21). The van der Waals surface area contributed by atoms with E-state index in [1.54, 1.807) is 18.2 Å². The summed E-state index contributed by atoms with van der Waals surface area (Å²) in [6.07, 6.45) is 7.54. The molecule has 0 amide bonds. The van der Waals surface area contributed by atoms with Crippen molar-refractivity contribution in [2.24, 2.45) is 5.92 Å². The Morgan fingerprint density at radius 2 is 2.18 bits per heavy atom. The zero-order valence-corrected chi connectivity index (χ0v) is 12.8. The molecule has 1 N–H and O–H groups in total. The molecule has 1 aliphatic carbocycles. The Hall–Kier alpha value is -1.85. The number of nitrogens with one attached hydrogen (secondary N) is 1. The Kier molecular flexibility index (Phi) is 4.45. The largest absolute Gasteiger partial charge is 0.360 e. The van der Waals surface area contributed by atoms with E-state index in [0.29, 0.717) is 28.5 Å². The molecule has 5 nitrogen and oxygen atoms in total. The number of aromatic nitrogens is 2. The van der Waals surface area contributed by atoms with Crippen LogP contribution in [-0.4, -0.2) is 16.2 Å². The van der Waals surface area contributed by atoms with Gasteiger partial charge in [-0.2, -0.15) is 0 Å². The molecular weight excluding hydrogens is 304 g/mol. The second-order valence-corrected chi connectivity index (χ2v) is 5.94. The molecule has 0 saturated heterocycles. The Balaban J connectivity index is 1.82. The van der Waals surface area contributed by atoms with Crippen molar-refractivity contribution in [1.29, 1.82) is 0 Å². The molecule has 2 aromatic rings. The van der Waals surface area contributed by atoms with Crippen molar-refractivity contribution in [2.45, 2.75) is 26.0 Å². The molecule has 1 atom stereocenters. The van der Waals surface area contributed by atoms with Crippen LogP contribution >= 0.6 is 11.6 Å². The molecule has 0 fully saturated rings. The summed E-state index contributed by atoms with van der Waals surface area (Å²) in [6.45, 7) is 0.721. The van der Waals surface area contributed by atoms with Gasteiger partial charge in [-0.15, -0.1) is 0 Å². The number of hydrogen-bond donors (Lipinski definition) is 1. The summed E-state index contributed by atoms with van der Waals surface area (Å²) in [6, 6.07) is 4.88. The summed E-state index contributed by atoms with van der Waals surface area (Å²) in [5, 5.41) is 0.842. The highest BCUT2D eigenvalue weighted by Crippen LogP contribution is 2.19. The summed E-state index contributed by atoms with van der Waals surface area (Å²) >= 11 is 5.91. The van der Waals surface area contributed by atoms with Crippen LogP contribution < -0.4 is 11.2 Å². The average Bonchev–Trinajstić information content (AvgIpc) is 2.52. The van der Waals surface area contributed by atoms with Crippen LogP contribution in [0.25, 0.3) is 10.9 Å². The minimum atomic E-state index is -0.469. The van der Waals surface area contributed by atoms with E-state index in [4.69, 9.17) is 16.3 Å². The second kappa shape index (κ2) is 6.50. The van der Waals surface area contributed by atoms with E-state index < -0.39 is 11.2 Å². The van der Waals surface area contributed by atoms with Gasteiger partial charge in [0.1, 0.15) is 6.73 Å². The van der Waals surface area contributed by atoms with Crippen LogP contribution in [-0.2, 0) is 11.5 Å². The molecule has 1 aliphatic rings. The van der Waals surface area contributed by atoms with Crippen LogP contribution in [0.15, 0.2) is 39.9 Å². The first kappa shape index (κ1) is 15.1. The molecule has 0 bridgehead atoms. The molecule has 22 heavy (non-hydrogen) atoms. The number of fused-ring (bicyclic) bond motifs is 1. The number of halogens is 1. The highest BCUT2D eigenvalue weighted by atomic mass is 35.5. The molecule has 1 aromatic carbocycles. The van der Waals surface area contributed by atoms with Gasteiger partial charge in [-0.1, -0.05) is 23.8 Å². The highest BCUT2D eigenvalue weighted by Gasteiger charge is 2.12. The van der Waals surface area contributed by atoms with Gasteiger partial charge in [-0.25, -0.2) is 4.79 Å². The first-order chi connectivity index (χ1) is 10.6. The van der Waals surface area contributed by atoms with Crippen LogP contribution in [0.5, 0.6) is 0 Å². The van der Waals surface area contributed by atoms with Gasteiger partial charge in [-0.05, 0) is 43.4 Å². The zero-order chi connectivity index (χ0) is 15.5. The zero-order valence-electron chi connectivity index (χ0n) is 12.0. The average molecular weight is 321 g/mol. The topological polar surface area (TPSA) is 64.1 Å². The monoisotopic (exact) mass is 320 g/mol. The maximum Gasteiger partial charge on any atom is 0.330 e. The van der Waals surface area contributed by atoms with Gasteiger partial charge >= 0.3 is 5.69 Å². The van der Waals surface area contributed by atoms with Gasteiger partial charge in [0.05, 0.1) is 17.5 Å². The van der Waals surface area contributed by atoms with Crippen molar-refractivity contribution in [2.75, 3.05) is 6.61 Å². The minimum absolute atomic E-state index is 0.119. The van der Waals surface area contributed by atoms with E-state index in [-0.39, 0.29) is 6.73 Å². The molecule has 0 saturated carbocycles. The molecule has 0 spiro atoms. The predicted molar refractivity (Wildman–Crippen MR) is 86.3 cm³/mol. The number of benzene rings is 1. The molecule has 0 aliphatic heterocycles. The van der Waals surface area contributed by atoms with Gasteiger partial charge in [0, 0.05) is 5.02 Å². The van der Waals surface area contributed by atoms with Gasteiger partial charge in [0.15, 0.2) is 0 Å². The summed E-state index contributed by atoms with van der Waals surface area (Å²) in [5.41, 5.74) is -0.374. The maximum atomic E-state index is 12.0. The molecule has 6 heteroatoms. The lowest BCUT2D eigenvalue weighted by molar-refractivity contribution is 0.0474. The summed E-state index contributed by atoms with van der Waals surface area (Å²) < 4.78 is 7.11. The Labute approximate surface area is 132 Å². The van der Waals surface area contributed by atoms with Crippen molar-refractivity contribution in [3.63, 3.8) is 0 Å². The van der Waals surface area contributed by atoms with E-state index in [1.807, 2.05) is 0 Å². The van der Waals surface area contributed by atoms with E-state index >= 15 is 0 Å². The van der Waals surface area contributed by atoms with Crippen molar-refractivity contribution in [3.8, 4) is 0 Å². The number of hydrogen-bond acceptors (Lipinski definition) is 3. The SMILES string of the molecule is O=c1[nH]c(=O)n(COCC2CC=CCC2)c2ccc(Cl)cc12. The summed E-state index contributed by atoms with van der Waals surface area (Å²) in [5.74, 6) is 0.490. The summed E-state index contributed by atoms with van der Waals surface area (Å²) in [7, 11) is 0. The Morgan fingerprint density at radius 1 is 1.32 bits per heavy atom. The van der Waals surface area contributed by atoms with E-state index in [1.165, 1.54) is 4.57 Å². The number of ether oxygens (including phenoxy) is 1. The lowest BCUT2D eigenvalue weighted by atomic mass is 9.95. The number of rotatable bonds is 4. The van der Waals surface area contributed by atoms with Crippen LogP contribution in [0.4, 0.5) is 0 Å². The van der Waals surface area contributed by atoms with Crippen LogP contribution in [0.3, 0.4) is 0 Å². The smallest absolute Gasteiger partial charge is 0.330 e. The number of H-pyrrole nitrogens is 1. The van der Waals surface area contributed by atoms with Gasteiger partial charge < -0.3 is 4.74 Å². The molecule has 1 aromatic heterocycles. The third-order valence-electron chi connectivity index (χ3n) is 3.91. The van der Waals surface area contributed by atoms with Gasteiger partial charge in [-0.3, -0.25) is 14.3 Å². The summed E-state index contributed by atoms with van der Waals surface area (Å²) in [4.78, 5) is 26.2. The van der Waals surface area contributed by atoms with Crippen LogP contribution in [0.2, 0.25) is 5.02 Å². The molecule has 0 radical (unpaired) electrons. The lowest BCUT2D eigenvalue weighted by Crippen LogP contribution is -2.31. The number of aromatic amines is 1. The minimum Gasteiger partial charge on any atom is -0.360 e. The predicted octanol–water partition coefficient (Wildman–Crippen LogP) is 2.67. The van der Waals surface area contributed by atoms with E-state index in [9.17, 15) is 9.59 Å². The number of nitrogens with zero attached hydrogens (tertiary/aromatic N) is 1. The fraction of sp³-hybridized carbons (Fsp3) is 0.375. The fourth-order valence-electron chi connectivity index (χ4n) is 2.71. The molecule has 1 heterocycles. The first-order valence-corrected chi connectivity index (χ1v) is 7.68. The maximum absolute atomic E-state index is 12.0. The van der Waals surface area contributed by atoms with Crippen molar-refractivity contribution in [1.82, 2.24) is 9.55 Å². The first-order valence-electron chi connectivity index (χ1n) is 7.30. The van der Waals surface area contributed by atoms with Crippen molar-refractivity contribution >= 4 is 22.5 Å². The molecule has 3 rings (SSSR count). The Bertz CT molecular complexity index is 822. The number of allylic oxidation sites excluding steroid dienone is 2. The fourth-order valence-corrected chi connectivity index (χ4v) is 2.89. The van der Waals surface area contributed by atoms with E-state index in [0.717, 1.165) is 19.3 Å². The second-order valence-electron chi connectivity index (χ2n) is 5.50. The van der Waals surface area contributed by atoms with Crippen molar-refractivity contribution in [3.05, 3.63) is 56.2 Å². The molecule has 1 unspecified atom stereocenters. The highest BCUT2D eigenvalue weighted by molar-refractivity contribution is 6.31. The Morgan fingerprint density at radius 3 is 2.95 bits per heavy atom. The van der Waals surface area contributed by atoms with Crippen molar-refractivity contribution < 1.29 is 4.74 Å². The molecule has 116 valence electrons. The third-order valence-corrected chi connectivity index (χ3v) is 4.15.